The van der Waals surface area contributed by atoms with E-state index in [0.29, 0.717) is 13.1 Å². The standard InChI is InChI=1S/C14H21N3O2S/c1-11(2)9-17(10-12(3)4)20(18,19)14-6-5-13(7-15)16-8-14/h5-6,8,11-12H,9-10H2,1-4H3. The largest absolute Gasteiger partial charge is 0.244 e. The highest BCUT2D eigenvalue weighted by molar-refractivity contribution is 7.89. The maximum absolute atomic E-state index is 12.6. The number of rotatable bonds is 6. The molecule has 0 radical (unpaired) electrons. The van der Waals surface area contributed by atoms with Crippen LogP contribution in [0, 0.1) is 23.2 Å². The van der Waals surface area contributed by atoms with Gasteiger partial charge in [-0.3, -0.25) is 0 Å². The fraction of sp³-hybridized carbons (Fsp3) is 0.571. The smallest absolute Gasteiger partial charge is 0.244 e. The summed E-state index contributed by atoms with van der Waals surface area (Å²) in [7, 11) is -3.55. The molecule has 20 heavy (non-hydrogen) atoms. The van der Waals surface area contributed by atoms with Gasteiger partial charge in [0.15, 0.2) is 0 Å². The lowest BCUT2D eigenvalue weighted by Crippen LogP contribution is -2.37. The van der Waals surface area contributed by atoms with Gasteiger partial charge in [-0.05, 0) is 24.0 Å². The van der Waals surface area contributed by atoms with E-state index in [1.165, 1.54) is 22.6 Å². The van der Waals surface area contributed by atoms with Crippen LogP contribution in [-0.2, 0) is 10.0 Å². The average molecular weight is 295 g/mol. The molecule has 1 aromatic heterocycles. The van der Waals surface area contributed by atoms with Crippen molar-refractivity contribution in [2.45, 2.75) is 32.6 Å². The molecule has 0 amide bonds. The van der Waals surface area contributed by atoms with Crippen LogP contribution in [0.2, 0.25) is 0 Å². The van der Waals surface area contributed by atoms with Gasteiger partial charge >= 0.3 is 0 Å². The normalized spacial score (nSPS) is 12.1. The summed E-state index contributed by atoms with van der Waals surface area (Å²) in [6, 6.07) is 4.75. The number of pyridine rings is 1. The Bertz CT molecular complexity index is 561. The topological polar surface area (TPSA) is 74.1 Å². The molecule has 5 nitrogen and oxygen atoms in total. The van der Waals surface area contributed by atoms with Crippen molar-refractivity contribution in [2.75, 3.05) is 13.1 Å². The van der Waals surface area contributed by atoms with Crippen LogP contribution in [0.3, 0.4) is 0 Å². The average Bonchev–Trinajstić information content (AvgIpc) is 2.37. The summed E-state index contributed by atoms with van der Waals surface area (Å²) in [6.45, 7) is 8.89. The van der Waals surface area contributed by atoms with Gasteiger partial charge in [-0.15, -0.1) is 0 Å². The van der Waals surface area contributed by atoms with E-state index in [-0.39, 0.29) is 22.4 Å². The minimum absolute atomic E-state index is 0.137. The molecular formula is C14H21N3O2S. The molecule has 1 heterocycles. The van der Waals surface area contributed by atoms with Crippen molar-refractivity contribution in [1.82, 2.24) is 9.29 Å². The fourth-order valence-electron chi connectivity index (χ4n) is 1.83. The van der Waals surface area contributed by atoms with Crippen LogP contribution in [0.4, 0.5) is 0 Å². The van der Waals surface area contributed by atoms with E-state index >= 15 is 0 Å². The van der Waals surface area contributed by atoms with Crippen LogP contribution in [0.25, 0.3) is 0 Å². The third-order valence-electron chi connectivity index (χ3n) is 2.63. The zero-order chi connectivity index (χ0) is 15.3. The highest BCUT2D eigenvalue weighted by atomic mass is 32.2. The van der Waals surface area contributed by atoms with Crippen LogP contribution in [0.1, 0.15) is 33.4 Å². The van der Waals surface area contributed by atoms with E-state index in [9.17, 15) is 8.42 Å². The van der Waals surface area contributed by atoms with E-state index in [4.69, 9.17) is 5.26 Å². The molecule has 0 aromatic carbocycles. The van der Waals surface area contributed by atoms with Gasteiger partial charge in [0.25, 0.3) is 0 Å². The Hall–Kier alpha value is -1.45. The Morgan fingerprint density at radius 2 is 1.75 bits per heavy atom. The van der Waals surface area contributed by atoms with E-state index in [0.717, 1.165) is 0 Å². The van der Waals surface area contributed by atoms with Crippen molar-refractivity contribution >= 4 is 10.0 Å². The summed E-state index contributed by atoms with van der Waals surface area (Å²) in [5.41, 5.74) is 0.211. The van der Waals surface area contributed by atoms with E-state index in [1.807, 2.05) is 33.8 Å². The van der Waals surface area contributed by atoms with Crippen LogP contribution in [0.15, 0.2) is 23.2 Å². The Morgan fingerprint density at radius 3 is 2.10 bits per heavy atom. The summed E-state index contributed by atoms with van der Waals surface area (Å²) in [4.78, 5) is 3.97. The predicted molar refractivity (Wildman–Crippen MR) is 77.4 cm³/mol. The summed E-state index contributed by atoms with van der Waals surface area (Å²) in [5, 5.41) is 8.71. The molecule has 0 N–H and O–H groups in total. The molecule has 0 aliphatic rings. The second kappa shape index (κ2) is 6.82. The van der Waals surface area contributed by atoms with Gasteiger partial charge < -0.3 is 0 Å². The van der Waals surface area contributed by atoms with Gasteiger partial charge in [0.2, 0.25) is 10.0 Å². The van der Waals surface area contributed by atoms with Crippen LogP contribution in [-0.4, -0.2) is 30.8 Å². The first-order valence-corrected chi connectivity index (χ1v) is 8.07. The minimum Gasteiger partial charge on any atom is -0.244 e. The number of hydrogen-bond donors (Lipinski definition) is 0. The molecule has 0 fully saturated rings. The molecule has 1 aromatic rings. The lowest BCUT2D eigenvalue weighted by molar-refractivity contribution is 0.333. The highest BCUT2D eigenvalue weighted by Gasteiger charge is 2.26. The van der Waals surface area contributed by atoms with E-state index in [2.05, 4.69) is 4.98 Å². The molecule has 1 rings (SSSR count). The zero-order valence-electron chi connectivity index (χ0n) is 12.4. The number of nitriles is 1. The van der Waals surface area contributed by atoms with Crippen LogP contribution in [0.5, 0.6) is 0 Å². The minimum atomic E-state index is -3.55. The molecule has 0 spiro atoms. The molecule has 0 saturated heterocycles. The van der Waals surface area contributed by atoms with Crippen molar-refractivity contribution in [3.05, 3.63) is 24.0 Å². The van der Waals surface area contributed by atoms with Crippen molar-refractivity contribution in [2.24, 2.45) is 11.8 Å². The molecule has 6 heteroatoms. The van der Waals surface area contributed by atoms with Gasteiger partial charge in [0.05, 0.1) is 0 Å². The Balaban J connectivity index is 3.11. The van der Waals surface area contributed by atoms with Gasteiger partial charge in [0, 0.05) is 19.3 Å². The predicted octanol–water partition coefficient (Wildman–Crippen LogP) is 2.26. The second-order valence-corrected chi connectivity index (χ2v) is 7.54. The van der Waals surface area contributed by atoms with E-state index in [1.54, 1.807) is 0 Å². The van der Waals surface area contributed by atoms with Gasteiger partial charge in [-0.1, -0.05) is 27.7 Å². The molecule has 0 saturated carbocycles. The Labute approximate surface area is 121 Å². The summed E-state index contributed by atoms with van der Waals surface area (Å²) in [5.74, 6) is 0.490. The first-order valence-electron chi connectivity index (χ1n) is 6.63. The van der Waals surface area contributed by atoms with Gasteiger partial charge in [0.1, 0.15) is 16.7 Å². The molecule has 0 aliphatic heterocycles. The molecular weight excluding hydrogens is 274 g/mol. The lowest BCUT2D eigenvalue weighted by atomic mass is 10.2. The van der Waals surface area contributed by atoms with E-state index < -0.39 is 10.0 Å². The van der Waals surface area contributed by atoms with Gasteiger partial charge in [-0.25, -0.2) is 13.4 Å². The number of hydrogen-bond acceptors (Lipinski definition) is 4. The van der Waals surface area contributed by atoms with Crippen LogP contribution < -0.4 is 0 Å². The summed E-state index contributed by atoms with van der Waals surface area (Å²) >= 11 is 0. The first kappa shape index (κ1) is 16.6. The molecule has 0 aliphatic carbocycles. The lowest BCUT2D eigenvalue weighted by Gasteiger charge is -2.25. The van der Waals surface area contributed by atoms with Crippen molar-refractivity contribution in [1.29, 1.82) is 5.26 Å². The third kappa shape index (κ3) is 4.29. The van der Waals surface area contributed by atoms with Crippen LogP contribution >= 0.6 is 0 Å². The third-order valence-corrected chi connectivity index (χ3v) is 4.44. The number of nitrogens with zero attached hydrogens (tertiary/aromatic N) is 3. The Kier molecular flexibility index (Phi) is 5.66. The molecule has 0 unspecified atom stereocenters. The second-order valence-electron chi connectivity index (χ2n) is 5.60. The highest BCUT2D eigenvalue weighted by Crippen LogP contribution is 2.18. The summed E-state index contributed by atoms with van der Waals surface area (Å²) < 4.78 is 26.7. The first-order chi connectivity index (χ1) is 9.27. The van der Waals surface area contributed by atoms with Crippen molar-refractivity contribution < 1.29 is 8.42 Å². The quantitative estimate of drug-likeness (QED) is 0.806. The van der Waals surface area contributed by atoms with Gasteiger partial charge in [-0.2, -0.15) is 9.57 Å². The van der Waals surface area contributed by atoms with Crippen molar-refractivity contribution in [3.63, 3.8) is 0 Å². The molecule has 0 bridgehead atoms. The number of sulfonamides is 1. The monoisotopic (exact) mass is 295 g/mol. The SMILES string of the molecule is CC(C)CN(CC(C)C)S(=O)(=O)c1ccc(C#N)nc1. The maximum Gasteiger partial charge on any atom is 0.244 e. The number of aromatic nitrogens is 1. The molecule has 110 valence electrons. The maximum atomic E-state index is 12.6. The fourth-order valence-corrected chi connectivity index (χ4v) is 3.55. The summed E-state index contributed by atoms with van der Waals surface area (Å²) in [6.07, 6.45) is 1.25. The van der Waals surface area contributed by atoms with Crippen molar-refractivity contribution in [3.8, 4) is 6.07 Å². The Morgan fingerprint density at radius 1 is 1.20 bits per heavy atom. The molecule has 0 atom stereocenters. The zero-order valence-corrected chi connectivity index (χ0v) is 13.2.